The fraction of sp³-hybridized carbons (Fsp3) is 0.143. The summed E-state index contributed by atoms with van der Waals surface area (Å²) in [7, 11) is -4.21. The zero-order chi connectivity index (χ0) is 25.4. The fourth-order valence-electron chi connectivity index (χ4n) is 4.40. The van der Waals surface area contributed by atoms with Gasteiger partial charge >= 0.3 is 0 Å². The Morgan fingerprint density at radius 3 is 2.25 bits per heavy atom. The molecule has 5 rings (SSSR count). The van der Waals surface area contributed by atoms with Crippen LogP contribution in [0.3, 0.4) is 0 Å². The van der Waals surface area contributed by atoms with E-state index >= 15 is 0 Å². The van der Waals surface area contributed by atoms with Crippen molar-refractivity contribution in [1.29, 1.82) is 0 Å². The number of sulfonamides is 1. The largest absolute Gasteiger partial charge is 0.274 e. The van der Waals surface area contributed by atoms with E-state index in [0.717, 1.165) is 25.5 Å². The Morgan fingerprint density at radius 1 is 0.889 bits per heavy atom. The maximum Gasteiger partial charge on any atom is 0.252 e. The highest BCUT2D eigenvalue weighted by atomic mass is 32.2. The van der Waals surface area contributed by atoms with Crippen LogP contribution in [0.2, 0.25) is 0 Å². The molecule has 4 aromatic carbocycles. The third-order valence-corrected chi connectivity index (χ3v) is 8.19. The molecular weight excluding hydrogens is 479 g/mol. The lowest BCUT2D eigenvalue weighted by Gasteiger charge is -2.27. The van der Waals surface area contributed by atoms with E-state index in [1.165, 1.54) is 30.3 Å². The number of nitrogens with zero attached hydrogens (tertiary/aromatic N) is 2. The summed E-state index contributed by atoms with van der Waals surface area (Å²) in [6.45, 7) is 1.70. The first-order valence-electron chi connectivity index (χ1n) is 11.4. The lowest BCUT2D eigenvalue weighted by molar-refractivity contribution is -0.122. The van der Waals surface area contributed by atoms with Crippen molar-refractivity contribution in [2.24, 2.45) is 0 Å². The molecule has 0 aliphatic carbocycles. The van der Waals surface area contributed by atoms with Gasteiger partial charge in [0.05, 0.1) is 17.0 Å². The average Bonchev–Trinajstić information content (AvgIpc) is 3.17. The third-order valence-electron chi connectivity index (χ3n) is 6.34. The van der Waals surface area contributed by atoms with Gasteiger partial charge in [-0.15, -0.1) is 0 Å². The quantitative estimate of drug-likeness (QED) is 0.355. The van der Waals surface area contributed by atoms with Crippen LogP contribution in [-0.4, -0.2) is 30.6 Å². The second-order valence-electron chi connectivity index (χ2n) is 8.81. The maximum atomic E-state index is 13.9. The molecule has 4 aromatic rings. The van der Waals surface area contributed by atoms with Gasteiger partial charge in [-0.2, -0.15) is 4.31 Å². The van der Waals surface area contributed by atoms with Gasteiger partial charge in [0.2, 0.25) is 15.9 Å². The zero-order valence-electron chi connectivity index (χ0n) is 19.5. The summed E-state index contributed by atoms with van der Waals surface area (Å²) in [5.74, 6) is -1.55. The molecule has 182 valence electrons. The van der Waals surface area contributed by atoms with Crippen LogP contribution in [-0.2, 0) is 26.2 Å². The lowest BCUT2D eigenvalue weighted by atomic mass is 10.1. The molecule has 1 atom stereocenters. The molecule has 0 saturated carbocycles. The van der Waals surface area contributed by atoms with Crippen LogP contribution >= 0.6 is 0 Å². The predicted octanol–water partition coefficient (Wildman–Crippen LogP) is 4.81. The number of rotatable bonds is 6. The van der Waals surface area contributed by atoms with Crippen LogP contribution < -0.4 is 4.90 Å². The van der Waals surface area contributed by atoms with E-state index < -0.39 is 33.7 Å². The number of hydrogen-bond donors (Lipinski definition) is 0. The molecular formula is C28H23FN2O4S. The Labute approximate surface area is 208 Å². The summed E-state index contributed by atoms with van der Waals surface area (Å²) in [6.07, 6.45) is -0.291. The van der Waals surface area contributed by atoms with Crippen molar-refractivity contribution >= 4 is 38.3 Å². The van der Waals surface area contributed by atoms with E-state index in [1.54, 1.807) is 36.4 Å². The summed E-state index contributed by atoms with van der Waals surface area (Å²) >= 11 is 0. The molecule has 1 fully saturated rings. The molecule has 1 heterocycles. The van der Waals surface area contributed by atoms with Crippen LogP contribution in [0.1, 0.15) is 17.5 Å². The summed E-state index contributed by atoms with van der Waals surface area (Å²) in [4.78, 5) is 27.5. The Kier molecular flexibility index (Phi) is 6.15. The van der Waals surface area contributed by atoms with Crippen molar-refractivity contribution in [3.8, 4) is 0 Å². The third kappa shape index (κ3) is 4.41. The first-order chi connectivity index (χ1) is 17.2. The van der Waals surface area contributed by atoms with Crippen molar-refractivity contribution in [2.75, 3.05) is 4.90 Å². The van der Waals surface area contributed by atoms with Gasteiger partial charge in [-0.25, -0.2) is 17.7 Å². The molecule has 0 aromatic heterocycles. The molecule has 1 aliphatic heterocycles. The highest BCUT2D eigenvalue weighted by molar-refractivity contribution is 7.89. The van der Waals surface area contributed by atoms with Crippen molar-refractivity contribution in [3.63, 3.8) is 0 Å². The van der Waals surface area contributed by atoms with Gasteiger partial charge in [0.1, 0.15) is 11.9 Å². The highest BCUT2D eigenvalue weighted by Gasteiger charge is 2.47. The smallest absolute Gasteiger partial charge is 0.252 e. The van der Waals surface area contributed by atoms with Crippen LogP contribution in [0.15, 0.2) is 95.9 Å². The Hall–Kier alpha value is -3.88. The molecule has 0 bridgehead atoms. The van der Waals surface area contributed by atoms with E-state index in [2.05, 4.69) is 0 Å². The number of anilines is 1. The lowest BCUT2D eigenvalue weighted by Crippen LogP contribution is -2.45. The number of hydrogen-bond acceptors (Lipinski definition) is 4. The Balaban J connectivity index is 1.57. The summed E-state index contributed by atoms with van der Waals surface area (Å²) in [6, 6.07) is 23.2. The molecule has 2 amide bonds. The number of halogens is 1. The minimum Gasteiger partial charge on any atom is -0.274 e. The fourth-order valence-corrected chi connectivity index (χ4v) is 6.01. The maximum absolute atomic E-state index is 13.9. The number of fused-ring (bicyclic) bond motifs is 1. The van der Waals surface area contributed by atoms with E-state index in [1.807, 2.05) is 31.2 Å². The number of amides is 2. The molecule has 6 nitrogen and oxygen atoms in total. The number of imide groups is 1. The molecule has 0 spiro atoms. The van der Waals surface area contributed by atoms with Crippen molar-refractivity contribution in [1.82, 2.24) is 4.31 Å². The van der Waals surface area contributed by atoms with E-state index in [0.29, 0.717) is 11.3 Å². The number of benzene rings is 4. The van der Waals surface area contributed by atoms with Gasteiger partial charge in [0.25, 0.3) is 5.91 Å². The van der Waals surface area contributed by atoms with Crippen LogP contribution in [0.4, 0.5) is 10.1 Å². The summed E-state index contributed by atoms with van der Waals surface area (Å²) in [5.41, 5.74) is 1.85. The van der Waals surface area contributed by atoms with Gasteiger partial charge in [-0.3, -0.25) is 9.59 Å². The molecule has 36 heavy (non-hydrogen) atoms. The first-order valence-corrected chi connectivity index (χ1v) is 12.9. The van der Waals surface area contributed by atoms with Gasteiger partial charge in [0, 0.05) is 6.54 Å². The average molecular weight is 503 g/mol. The summed E-state index contributed by atoms with van der Waals surface area (Å²) < 4.78 is 42.5. The van der Waals surface area contributed by atoms with Gasteiger partial charge in [0.15, 0.2) is 0 Å². The second-order valence-corrected chi connectivity index (χ2v) is 10.7. The molecule has 1 saturated heterocycles. The SMILES string of the molecule is Cc1ccc(N2C(=O)CC(N(Cc3ccc(F)cc3)S(=O)(=O)c3ccc4ccccc4c3)C2=O)cc1. The second kappa shape index (κ2) is 9.29. The minimum atomic E-state index is -4.21. The minimum absolute atomic E-state index is 0.0114. The van der Waals surface area contributed by atoms with E-state index in [9.17, 15) is 22.4 Å². The topological polar surface area (TPSA) is 74.8 Å². The Morgan fingerprint density at radius 2 is 1.56 bits per heavy atom. The van der Waals surface area contributed by atoms with Crippen LogP contribution in [0, 0.1) is 12.7 Å². The van der Waals surface area contributed by atoms with Gasteiger partial charge < -0.3 is 0 Å². The Bertz CT molecular complexity index is 1570. The van der Waals surface area contributed by atoms with Gasteiger partial charge in [-0.1, -0.05) is 60.2 Å². The van der Waals surface area contributed by atoms with Crippen LogP contribution in [0.5, 0.6) is 0 Å². The van der Waals surface area contributed by atoms with Gasteiger partial charge in [-0.05, 0) is 59.7 Å². The van der Waals surface area contributed by atoms with Crippen molar-refractivity contribution in [2.45, 2.75) is 30.8 Å². The number of aryl methyl sites for hydroxylation is 1. The van der Waals surface area contributed by atoms with E-state index in [-0.39, 0.29) is 17.9 Å². The molecule has 1 aliphatic rings. The van der Waals surface area contributed by atoms with Crippen LogP contribution in [0.25, 0.3) is 10.8 Å². The number of carbonyl (C=O) groups excluding carboxylic acids is 2. The molecule has 8 heteroatoms. The van der Waals surface area contributed by atoms with Crippen molar-refractivity contribution in [3.05, 3.63) is 108 Å². The summed E-state index contributed by atoms with van der Waals surface area (Å²) in [5, 5.41) is 1.61. The van der Waals surface area contributed by atoms with Crippen molar-refractivity contribution < 1.29 is 22.4 Å². The monoisotopic (exact) mass is 502 g/mol. The first kappa shape index (κ1) is 23.8. The normalized spacial score (nSPS) is 16.3. The van der Waals surface area contributed by atoms with E-state index in [4.69, 9.17) is 0 Å². The molecule has 0 radical (unpaired) electrons. The zero-order valence-corrected chi connectivity index (χ0v) is 20.3. The number of carbonyl (C=O) groups is 2. The molecule has 0 N–H and O–H groups in total. The molecule has 1 unspecified atom stereocenters. The standard InChI is InChI=1S/C28H23FN2O4S/c1-19-6-13-24(14-7-19)31-27(32)17-26(28(31)33)30(18-20-8-11-23(29)12-9-20)36(34,35)25-15-10-21-4-2-3-5-22(21)16-25/h2-16,26H,17-18H2,1H3. The predicted molar refractivity (Wildman–Crippen MR) is 135 cm³/mol. The highest BCUT2D eigenvalue weighted by Crippen LogP contribution is 2.31.